The van der Waals surface area contributed by atoms with Crippen molar-refractivity contribution in [3.8, 4) is 0 Å². The molecule has 2 nitrogen and oxygen atoms in total. The van der Waals surface area contributed by atoms with Crippen LogP contribution in [0.3, 0.4) is 0 Å². The van der Waals surface area contributed by atoms with Gasteiger partial charge >= 0.3 is 0 Å². The first-order chi connectivity index (χ1) is 8.18. The second-order valence-corrected chi connectivity index (χ2v) is 6.08. The maximum atomic E-state index is 6.36. The summed E-state index contributed by atoms with van der Waals surface area (Å²) in [6.07, 6.45) is 1.23. The second-order valence-electron chi connectivity index (χ2n) is 4.45. The number of rotatable bonds is 2. The number of thioether (sulfide) groups is 1. The highest BCUT2D eigenvalue weighted by atomic mass is 35.5. The van der Waals surface area contributed by atoms with Gasteiger partial charge in [0.2, 0.25) is 0 Å². The lowest BCUT2D eigenvalue weighted by molar-refractivity contribution is 0.805. The van der Waals surface area contributed by atoms with Crippen LogP contribution >= 0.6 is 23.4 Å². The van der Waals surface area contributed by atoms with Gasteiger partial charge in [-0.25, -0.2) is 0 Å². The molecule has 2 rings (SSSR count). The van der Waals surface area contributed by atoms with E-state index in [2.05, 4.69) is 17.0 Å². The van der Waals surface area contributed by atoms with E-state index in [1.165, 1.54) is 17.9 Å². The predicted octanol–water partition coefficient (Wildman–Crippen LogP) is 3.30. The Balaban J connectivity index is 2.19. The van der Waals surface area contributed by atoms with Gasteiger partial charge in [-0.15, -0.1) is 0 Å². The van der Waals surface area contributed by atoms with Gasteiger partial charge in [0.1, 0.15) is 0 Å². The summed E-state index contributed by atoms with van der Waals surface area (Å²) in [4.78, 5) is 2.38. The Morgan fingerprint density at radius 3 is 2.88 bits per heavy atom. The lowest BCUT2D eigenvalue weighted by Gasteiger charge is -2.24. The topological polar surface area (TPSA) is 29.3 Å². The van der Waals surface area contributed by atoms with Crippen LogP contribution in [0.1, 0.15) is 24.9 Å². The quantitative estimate of drug-likeness (QED) is 0.894. The van der Waals surface area contributed by atoms with E-state index in [4.69, 9.17) is 17.3 Å². The van der Waals surface area contributed by atoms with Crippen LogP contribution in [0.2, 0.25) is 5.02 Å². The molecule has 1 heterocycles. The van der Waals surface area contributed by atoms with Crippen molar-refractivity contribution in [2.24, 2.45) is 5.73 Å². The van der Waals surface area contributed by atoms with Crippen molar-refractivity contribution in [2.75, 3.05) is 29.5 Å². The van der Waals surface area contributed by atoms with Crippen molar-refractivity contribution in [3.05, 3.63) is 28.8 Å². The molecule has 0 amide bonds. The molecular formula is C13H19ClN2S. The van der Waals surface area contributed by atoms with Crippen LogP contribution in [0.25, 0.3) is 0 Å². The number of anilines is 1. The molecule has 0 saturated carbocycles. The van der Waals surface area contributed by atoms with Gasteiger partial charge in [-0.05, 0) is 36.8 Å². The maximum absolute atomic E-state index is 6.36. The van der Waals surface area contributed by atoms with Crippen LogP contribution < -0.4 is 10.6 Å². The zero-order valence-electron chi connectivity index (χ0n) is 10.2. The Hall–Kier alpha value is -0.380. The molecule has 1 aliphatic rings. The fourth-order valence-corrected chi connectivity index (χ4v) is 3.25. The highest BCUT2D eigenvalue weighted by molar-refractivity contribution is 7.99. The smallest absolute Gasteiger partial charge is 0.0642 e. The third kappa shape index (κ3) is 3.30. The third-order valence-electron chi connectivity index (χ3n) is 3.06. The van der Waals surface area contributed by atoms with Gasteiger partial charge < -0.3 is 10.6 Å². The number of nitrogens with zero attached hydrogens (tertiary/aromatic N) is 1. The van der Waals surface area contributed by atoms with Crippen LogP contribution in [0.5, 0.6) is 0 Å². The lowest BCUT2D eigenvalue weighted by Crippen LogP contribution is -2.25. The number of hydrogen-bond donors (Lipinski definition) is 1. The second kappa shape index (κ2) is 5.98. The van der Waals surface area contributed by atoms with Crippen molar-refractivity contribution >= 4 is 29.1 Å². The molecule has 2 N–H and O–H groups in total. The van der Waals surface area contributed by atoms with E-state index in [0.717, 1.165) is 29.4 Å². The summed E-state index contributed by atoms with van der Waals surface area (Å²) in [7, 11) is 0. The molecule has 0 aromatic heterocycles. The molecule has 1 aromatic rings. The fourth-order valence-electron chi connectivity index (χ4n) is 2.05. The molecule has 0 radical (unpaired) electrons. The minimum atomic E-state index is 0.0428. The Kier molecular flexibility index (Phi) is 4.60. The van der Waals surface area contributed by atoms with Gasteiger partial charge in [0.25, 0.3) is 0 Å². The van der Waals surface area contributed by atoms with E-state index < -0.39 is 0 Å². The molecule has 94 valence electrons. The van der Waals surface area contributed by atoms with Crippen molar-refractivity contribution in [1.82, 2.24) is 0 Å². The van der Waals surface area contributed by atoms with Gasteiger partial charge in [-0.2, -0.15) is 11.8 Å². The lowest BCUT2D eigenvalue weighted by atomic mass is 10.1. The first kappa shape index (κ1) is 13.1. The van der Waals surface area contributed by atoms with E-state index in [1.807, 2.05) is 24.8 Å². The number of hydrogen-bond acceptors (Lipinski definition) is 3. The molecule has 17 heavy (non-hydrogen) atoms. The first-order valence-electron chi connectivity index (χ1n) is 6.06. The minimum absolute atomic E-state index is 0.0428. The van der Waals surface area contributed by atoms with Crippen LogP contribution in [-0.4, -0.2) is 24.6 Å². The van der Waals surface area contributed by atoms with Gasteiger partial charge in [-0.3, -0.25) is 0 Å². The first-order valence-corrected chi connectivity index (χ1v) is 7.59. The van der Waals surface area contributed by atoms with Gasteiger partial charge in [0.05, 0.1) is 10.7 Å². The predicted molar refractivity (Wildman–Crippen MR) is 78.2 cm³/mol. The molecule has 1 saturated heterocycles. The van der Waals surface area contributed by atoms with Gasteiger partial charge in [0, 0.05) is 24.9 Å². The normalized spacial score (nSPS) is 18.9. The molecule has 1 unspecified atom stereocenters. The van der Waals surface area contributed by atoms with Crippen LogP contribution in [0.15, 0.2) is 18.2 Å². The largest absolute Gasteiger partial charge is 0.369 e. The summed E-state index contributed by atoms with van der Waals surface area (Å²) in [5, 5.41) is 0.826. The molecule has 1 aliphatic heterocycles. The highest BCUT2D eigenvalue weighted by Gasteiger charge is 2.13. The third-order valence-corrected chi connectivity index (χ3v) is 4.41. The Labute approximate surface area is 113 Å². The zero-order valence-corrected chi connectivity index (χ0v) is 11.7. The maximum Gasteiger partial charge on any atom is 0.0642 e. The SMILES string of the molecule is CC(N)c1ccc(N2CCCSCC2)c(Cl)c1. The average Bonchev–Trinajstić information content (AvgIpc) is 2.57. The van der Waals surface area contributed by atoms with Crippen molar-refractivity contribution in [3.63, 3.8) is 0 Å². The highest BCUT2D eigenvalue weighted by Crippen LogP contribution is 2.29. The van der Waals surface area contributed by atoms with Crippen LogP contribution in [0, 0.1) is 0 Å². The standard InChI is InChI=1S/C13H19ClN2S/c1-10(15)11-3-4-13(12(14)9-11)16-5-2-7-17-8-6-16/h3-4,9-10H,2,5-8,15H2,1H3. The molecule has 0 aliphatic carbocycles. The van der Waals surface area contributed by atoms with E-state index in [0.29, 0.717) is 0 Å². The number of halogens is 1. The summed E-state index contributed by atoms with van der Waals surface area (Å²) in [6, 6.07) is 6.24. The summed E-state index contributed by atoms with van der Waals surface area (Å²) in [5.41, 5.74) is 8.11. The molecule has 0 bridgehead atoms. The minimum Gasteiger partial charge on any atom is -0.369 e. The number of benzene rings is 1. The fraction of sp³-hybridized carbons (Fsp3) is 0.538. The Morgan fingerprint density at radius 1 is 1.35 bits per heavy atom. The van der Waals surface area contributed by atoms with Crippen molar-refractivity contribution < 1.29 is 0 Å². The van der Waals surface area contributed by atoms with Crippen LogP contribution in [-0.2, 0) is 0 Å². The van der Waals surface area contributed by atoms with E-state index in [9.17, 15) is 0 Å². The Bertz CT molecular complexity index is 374. The molecule has 1 aromatic carbocycles. The molecular weight excluding hydrogens is 252 g/mol. The van der Waals surface area contributed by atoms with E-state index in [1.54, 1.807) is 0 Å². The molecule has 0 spiro atoms. The zero-order chi connectivity index (χ0) is 12.3. The summed E-state index contributed by atoms with van der Waals surface area (Å²) in [6.45, 7) is 4.17. The van der Waals surface area contributed by atoms with E-state index in [-0.39, 0.29) is 6.04 Å². The monoisotopic (exact) mass is 270 g/mol. The van der Waals surface area contributed by atoms with Crippen molar-refractivity contribution in [1.29, 1.82) is 0 Å². The van der Waals surface area contributed by atoms with Gasteiger partial charge in [-0.1, -0.05) is 17.7 Å². The summed E-state index contributed by atoms with van der Waals surface area (Å²) < 4.78 is 0. The van der Waals surface area contributed by atoms with E-state index >= 15 is 0 Å². The molecule has 1 atom stereocenters. The van der Waals surface area contributed by atoms with Gasteiger partial charge in [0.15, 0.2) is 0 Å². The Morgan fingerprint density at radius 2 is 2.18 bits per heavy atom. The average molecular weight is 271 g/mol. The van der Waals surface area contributed by atoms with Crippen LogP contribution in [0.4, 0.5) is 5.69 Å². The number of nitrogens with two attached hydrogens (primary N) is 1. The summed E-state index contributed by atoms with van der Waals surface area (Å²) in [5.74, 6) is 2.44. The molecule has 4 heteroatoms. The molecule has 1 fully saturated rings. The van der Waals surface area contributed by atoms with Crippen molar-refractivity contribution in [2.45, 2.75) is 19.4 Å². The summed E-state index contributed by atoms with van der Waals surface area (Å²) >= 11 is 8.38.